The number of hydrogen-bond acceptors (Lipinski definition) is 3. The van der Waals surface area contributed by atoms with E-state index in [1.807, 2.05) is 0 Å². The van der Waals surface area contributed by atoms with Crippen molar-refractivity contribution in [2.75, 3.05) is 6.54 Å². The topological polar surface area (TPSA) is 75.3 Å². The fourth-order valence-corrected chi connectivity index (χ4v) is 3.11. The number of phenolic OH excluding ortho intramolecular Hbond substituents is 1. The Morgan fingerprint density at radius 3 is 2.89 bits per heavy atom. The number of carbonyl (C=O) groups excluding carboxylic acids is 1. The summed E-state index contributed by atoms with van der Waals surface area (Å²) in [6.07, 6.45) is 4.35. The number of benzene rings is 1. The van der Waals surface area contributed by atoms with Gasteiger partial charge in [0.15, 0.2) is 0 Å². The van der Waals surface area contributed by atoms with Crippen molar-refractivity contribution in [2.45, 2.75) is 31.7 Å². The molecule has 0 heterocycles. The van der Waals surface area contributed by atoms with Crippen LogP contribution in [-0.2, 0) is 0 Å². The quantitative estimate of drug-likeness (QED) is 0.711. The van der Waals surface area contributed by atoms with E-state index in [1.54, 1.807) is 18.2 Å². The van der Waals surface area contributed by atoms with Gasteiger partial charge >= 0.3 is 0 Å². The average Bonchev–Trinajstić information content (AvgIpc) is 2.42. The highest BCUT2D eigenvalue weighted by Gasteiger charge is 2.26. The molecule has 0 radical (unpaired) electrons. The van der Waals surface area contributed by atoms with E-state index >= 15 is 0 Å². The molecule has 2 unspecified atom stereocenters. The second-order valence-corrected chi connectivity index (χ2v) is 6.27. The molecule has 0 aromatic heterocycles. The van der Waals surface area contributed by atoms with E-state index in [0.717, 1.165) is 22.8 Å². The summed E-state index contributed by atoms with van der Waals surface area (Å²) in [5.41, 5.74) is 6.10. The molecular formula is C14H19IN2O2. The fourth-order valence-electron chi connectivity index (χ4n) is 2.62. The average molecular weight is 374 g/mol. The molecule has 1 saturated carbocycles. The third kappa shape index (κ3) is 3.60. The Balaban J connectivity index is 2.09. The number of halogens is 1. The van der Waals surface area contributed by atoms with Crippen LogP contribution >= 0.6 is 22.6 Å². The number of nitrogens with one attached hydrogen (secondary N) is 1. The molecule has 4 nitrogen and oxygen atoms in total. The van der Waals surface area contributed by atoms with Gasteiger partial charge in [0.1, 0.15) is 5.75 Å². The molecule has 5 heteroatoms. The van der Waals surface area contributed by atoms with Crippen LogP contribution in [0.15, 0.2) is 18.2 Å². The zero-order valence-electron chi connectivity index (χ0n) is 10.7. The van der Waals surface area contributed by atoms with Gasteiger partial charge in [-0.15, -0.1) is 0 Å². The number of amides is 1. The van der Waals surface area contributed by atoms with Crippen molar-refractivity contribution in [3.8, 4) is 5.75 Å². The van der Waals surface area contributed by atoms with Crippen LogP contribution in [0.3, 0.4) is 0 Å². The van der Waals surface area contributed by atoms with E-state index in [0.29, 0.717) is 18.0 Å². The number of phenols is 1. The maximum Gasteiger partial charge on any atom is 0.255 e. The largest absolute Gasteiger partial charge is 0.507 e. The molecular weight excluding hydrogens is 355 g/mol. The minimum atomic E-state index is -0.207. The third-order valence-corrected chi connectivity index (χ3v) is 4.40. The summed E-state index contributed by atoms with van der Waals surface area (Å²) in [6.45, 7) is 0.600. The lowest BCUT2D eigenvalue weighted by molar-refractivity contribution is 0.0905. The first-order valence-corrected chi connectivity index (χ1v) is 7.69. The van der Waals surface area contributed by atoms with Crippen molar-refractivity contribution in [1.29, 1.82) is 0 Å². The Morgan fingerprint density at radius 2 is 2.16 bits per heavy atom. The molecule has 1 aliphatic rings. The summed E-state index contributed by atoms with van der Waals surface area (Å²) < 4.78 is 0.930. The Morgan fingerprint density at radius 1 is 1.42 bits per heavy atom. The summed E-state index contributed by atoms with van der Waals surface area (Å²) in [7, 11) is 0. The molecule has 0 saturated heterocycles. The smallest absolute Gasteiger partial charge is 0.255 e. The van der Waals surface area contributed by atoms with Crippen LogP contribution < -0.4 is 11.1 Å². The SMILES string of the molecule is NCC1CCCCC1NC(=O)c1cc(I)ccc1O. The summed E-state index contributed by atoms with van der Waals surface area (Å²) in [4.78, 5) is 12.2. The van der Waals surface area contributed by atoms with Crippen molar-refractivity contribution in [2.24, 2.45) is 11.7 Å². The van der Waals surface area contributed by atoms with E-state index in [9.17, 15) is 9.90 Å². The molecule has 0 spiro atoms. The van der Waals surface area contributed by atoms with E-state index in [2.05, 4.69) is 27.9 Å². The Bertz CT molecular complexity index is 465. The van der Waals surface area contributed by atoms with Crippen molar-refractivity contribution in [1.82, 2.24) is 5.32 Å². The van der Waals surface area contributed by atoms with Gasteiger partial charge in [0.05, 0.1) is 5.56 Å². The van der Waals surface area contributed by atoms with E-state index in [-0.39, 0.29) is 17.7 Å². The second kappa shape index (κ2) is 6.56. The lowest BCUT2D eigenvalue weighted by atomic mass is 9.84. The molecule has 1 aromatic rings. The Hall–Kier alpha value is -0.820. The first-order valence-electron chi connectivity index (χ1n) is 6.61. The predicted octanol–water partition coefficient (Wildman–Crippen LogP) is 2.24. The summed E-state index contributed by atoms with van der Waals surface area (Å²) in [6, 6.07) is 5.16. The van der Waals surface area contributed by atoms with Crippen LogP contribution in [0.4, 0.5) is 0 Å². The van der Waals surface area contributed by atoms with Crippen LogP contribution in [0.25, 0.3) is 0 Å². The van der Waals surface area contributed by atoms with Gasteiger partial charge in [0.2, 0.25) is 0 Å². The molecule has 1 amide bonds. The highest BCUT2D eigenvalue weighted by Crippen LogP contribution is 2.25. The van der Waals surface area contributed by atoms with Gasteiger partial charge in [-0.05, 0) is 66.1 Å². The third-order valence-electron chi connectivity index (χ3n) is 3.73. The monoisotopic (exact) mass is 374 g/mol. The predicted molar refractivity (Wildman–Crippen MR) is 83.1 cm³/mol. The lowest BCUT2D eigenvalue weighted by Gasteiger charge is -2.31. The molecule has 2 atom stereocenters. The maximum atomic E-state index is 12.2. The number of aromatic hydroxyl groups is 1. The first kappa shape index (κ1) is 14.6. The van der Waals surface area contributed by atoms with Gasteiger partial charge in [-0.25, -0.2) is 0 Å². The van der Waals surface area contributed by atoms with Gasteiger partial charge in [0.25, 0.3) is 5.91 Å². The van der Waals surface area contributed by atoms with E-state index in [4.69, 9.17) is 5.73 Å². The first-order chi connectivity index (χ1) is 9.11. The molecule has 0 bridgehead atoms. The zero-order chi connectivity index (χ0) is 13.8. The van der Waals surface area contributed by atoms with Crippen LogP contribution in [0, 0.1) is 9.49 Å². The van der Waals surface area contributed by atoms with Gasteiger partial charge in [0, 0.05) is 9.61 Å². The lowest BCUT2D eigenvalue weighted by Crippen LogP contribution is -2.44. The molecule has 2 rings (SSSR count). The Kier molecular flexibility index (Phi) is 5.04. The van der Waals surface area contributed by atoms with Crippen molar-refractivity contribution in [3.63, 3.8) is 0 Å². The van der Waals surface area contributed by atoms with Gasteiger partial charge in [-0.2, -0.15) is 0 Å². The van der Waals surface area contributed by atoms with Gasteiger partial charge in [-0.3, -0.25) is 4.79 Å². The molecule has 0 aliphatic heterocycles. The molecule has 4 N–H and O–H groups in total. The number of nitrogens with two attached hydrogens (primary N) is 1. The molecule has 104 valence electrons. The molecule has 19 heavy (non-hydrogen) atoms. The van der Waals surface area contributed by atoms with Crippen molar-refractivity contribution in [3.05, 3.63) is 27.3 Å². The van der Waals surface area contributed by atoms with Crippen LogP contribution in [0.1, 0.15) is 36.0 Å². The standard InChI is InChI=1S/C14H19IN2O2/c15-10-5-6-13(18)11(7-10)14(19)17-12-4-2-1-3-9(12)8-16/h5-7,9,12,18H,1-4,8,16H2,(H,17,19). The van der Waals surface area contributed by atoms with E-state index in [1.165, 1.54) is 6.42 Å². The fraction of sp³-hybridized carbons (Fsp3) is 0.500. The summed E-state index contributed by atoms with van der Waals surface area (Å²) in [5.74, 6) is 0.169. The number of rotatable bonds is 3. The highest BCUT2D eigenvalue weighted by atomic mass is 127. The molecule has 1 aromatic carbocycles. The second-order valence-electron chi connectivity index (χ2n) is 5.02. The minimum Gasteiger partial charge on any atom is -0.507 e. The maximum absolute atomic E-state index is 12.2. The molecule has 1 aliphatic carbocycles. The van der Waals surface area contributed by atoms with Crippen LogP contribution in [0.2, 0.25) is 0 Å². The van der Waals surface area contributed by atoms with Crippen molar-refractivity contribution >= 4 is 28.5 Å². The normalized spacial score (nSPS) is 23.1. The van der Waals surface area contributed by atoms with Crippen molar-refractivity contribution < 1.29 is 9.90 Å². The number of hydrogen-bond donors (Lipinski definition) is 3. The van der Waals surface area contributed by atoms with E-state index < -0.39 is 0 Å². The highest BCUT2D eigenvalue weighted by molar-refractivity contribution is 14.1. The zero-order valence-corrected chi connectivity index (χ0v) is 12.9. The summed E-state index contributed by atoms with van der Waals surface area (Å²) >= 11 is 2.13. The Labute approximate surface area is 126 Å². The van der Waals surface area contributed by atoms with Gasteiger partial charge < -0.3 is 16.2 Å². The van der Waals surface area contributed by atoms with Crippen LogP contribution in [0.5, 0.6) is 5.75 Å². The van der Waals surface area contributed by atoms with Crippen LogP contribution in [-0.4, -0.2) is 23.6 Å². The summed E-state index contributed by atoms with van der Waals surface area (Å²) in [5, 5.41) is 12.8. The number of carbonyl (C=O) groups is 1. The minimum absolute atomic E-state index is 0.0259. The molecule has 1 fully saturated rings. The van der Waals surface area contributed by atoms with Gasteiger partial charge in [-0.1, -0.05) is 12.8 Å².